The molecule has 154 valence electrons. The first-order valence-corrected chi connectivity index (χ1v) is 11.8. The second kappa shape index (κ2) is 9.32. The molecule has 2 aromatic heterocycles. The molecule has 0 aliphatic rings. The molecule has 0 fully saturated rings. The summed E-state index contributed by atoms with van der Waals surface area (Å²) in [6, 6.07) is 15.3. The van der Waals surface area contributed by atoms with E-state index in [4.69, 9.17) is 4.74 Å². The van der Waals surface area contributed by atoms with Crippen LogP contribution in [0.5, 0.6) is 5.75 Å². The lowest BCUT2D eigenvalue weighted by Gasteiger charge is -2.15. The number of fused-ring (bicyclic) bond motifs is 1. The molecule has 1 amide bonds. The van der Waals surface area contributed by atoms with Gasteiger partial charge in [-0.2, -0.15) is 11.8 Å². The lowest BCUT2D eigenvalue weighted by atomic mass is 10.2. The van der Waals surface area contributed by atoms with E-state index in [2.05, 4.69) is 26.5 Å². The van der Waals surface area contributed by atoms with E-state index < -0.39 is 0 Å². The number of methoxy groups -OCH3 is 1. The molecule has 1 unspecified atom stereocenters. The molecular formula is C22H22N4O2S2. The van der Waals surface area contributed by atoms with Gasteiger partial charge in [-0.25, -0.2) is 9.97 Å². The molecule has 0 bridgehead atoms. The zero-order valence-electron chi connectivity index (χ0n) is 16.7. The predicted molar refractivity (Wildman–Crippen MR) is 123 cm³/mol. The molecule has 2 N–H and O–H groups in total. The van der Waals surface area contributed by atoms with Crippen LogP contribution in [-0.4, -0.2) is 40.0 Å². The van der Waals surface area contributed by atoms with E-state index >= 15 is 0 Å². The Hall–Kier alpha value is -2.84. The van der Waals surface area contributed by atoms with E-state index in [0.717, 1.165) is 45.4 Å². The minimum atomic E-state index is -0.205. The van der Waals surface area contributed by atoms with Gasteiger partial charge in [-0.15, -0.1) is 11.3 Å². The van der Waals surface area contributed by atoms with Gasteiger partial charge in [0.15, 0.2) is 0 Å². The zero-order chi connectivity index (χ0) is 20.9. The fourth-order valence-electron chi connectivity index (χ4n) is 3.13. The number of imidazole rings is 1. The highest BCUT2D eigenvalue weighted by Crippen LogP contribution is 2.26. The standard InChI is InChI=1S/C22H22N4O2S2/c1-28-15-9-7-14(8-10-15)22-26-19(13-30-22)21(27)25-18(11-12-29-2)20-23-16-5-3-4-6-17(16)24-20/h3-10,13,18H,11-12H2,1-2H3,(H,23,24)(H,25,27). The Balaban J connectivity index is 1.52. The maximum Gasteiger partial charge on any atom is 0.271 e. The van der Waals surface area contributed by atoms with E-state index in [9.17, 15) is 4.79 Å². The molecule has 4 rings (SSSR count). The predicted octanol–water partition coefficient (Wildman–Crippen LogP) is 4.92. The highest BCUT2D eigenvalue weighted by molar-refractivity contribution is 7.98. The molecule has 8 heteroatoms. The van der Waals surface area contributed by atoms with Gasteiger partial charge in [0.05, 0.1) is 24.2 Å². The van der Waals surface area contributed by atoms with Gasteiger partial charge in [0.2, 0.25) is 0 Å². The van der Waals surface area contributed by atoms with Crippen LogP contribution in [0.4, 0.5) is 0 Å². The average molecular weight is 439 g/mol. The molecule has 0 aliphatic heterocycles. The number of H-pyrrole nitrogens is 1. The monoisotopic (exact) mass is 438 g/mol. The van der Waals surface area contributed by atoms with Crippen molar-refractivity contribution in [2.75, 3.05) is 19.1 Å². The summed E-state index contributed by atoms with van der Waals surface area (Å²) in [6.07, 6.45) is 2.83. The molecule has 1 atom stereocenters. The van der Waals surface area contributed by atoms with Gasteiger partial charge in [-0.05, 0) is 54.8 Å². The molecular weight excluding hydrogens is 416 g/mol. The average Bonchev–Trinajstić information content (AvgIpc) is 3.44. The quantitative estimate of drug-likeness (QED) is 0.408. The number of para-hydroxylation sites is 2. The van der Waals surface area contributed by atoms with Crippen molar-refractivity contribution >= 4 is 40.0 Å². The van der Waals surface area contributed by atoms with Crippen molar-refractivity contribution < 1.29 is 9.53 Å². The number of aromatic nitrogens is 3. The summed E-state index contributed by atoms with van der Waals surface area (Å²) < 4.78 is 5.20. The van der Waals surface area contributed by atoms with Crippen LogP contribution in [0.15, 0.2) is 53.9 Å². The van der Waals surface area contributed by atoms with Gasteiger partial charge in [-0.3, -0.25) is 4.79 Å². The molecule has 2 heterocycles. The minimum absolute atomic E-state index is 0.197. The number of rotatable bonds is 8. The van der Waals surface area contributed by atoms with Crippen molar-refractivity contribution in [1.29, 1.82) is 0 Å². The van der Waals surface area contributed by atoms with Crippen molar-refractivity contribution in [2.24, 2.45) is 0 Å². The van der Waals surface area contributed by atoms with Gasteiger partial charge >= 0.3 is 0 Å². The first kappa shape index (κ1) is 20.4. The third kappa shape index (κ3) is 4.49. The smallest absolute Gasteiger partial charge is 0.271 e. The topological polar surface area (TPSA) is 79.9 Å². The number of nitrogens with zero attached hydrogens (tertiary/aromatic N) is 2. The summed E-state index contributed by atoms with van der Waals surface area (Å²) >= 11 is 3.19. The van der Waals surface area contributed by atoms with Crippen LogP contribution >= 0.6 is 23.1 Å². The molecule has 0 aliphatic carbocycles. The van der Waals surface area contributed by atoms with Crippen molar-refractivity contribution in [2.45, 2.75) is 12.5 Å². The summed E-state index contributed by atoms with van der Waals surface area (Å²) in [7, 11) is 1.64. The van der Waals surface area contributed by atoms with Crippen molar-refractivity contribution in [3.8, 4) is 16.3 Å². The van der Waals surface area contributed by atoms with E-state index in [1.54, 1.807) is 24.3 Å². The Bertz CT molecular complexity index is 1100. The zero-order valence-corrected chi connectivity index (χ0v) is 18.3. The van der Waals surface area contributed by atoms with Gasteiger partial charge in [-0.1, -0.05) is 12.1 Å². The second-order valence-corrected chi connectivity index (χ2v) is 8.56. The Labute approximate surface area is 183 Å². The van der Waals surface area contributed by atoms with Crippen LogP contribution < -0.4 is 10.1 Å². The first-order valence-electron chi connectivity index (χ1n) is 9.52. The third-order valence-corrected chi connectivity index (χ3v) is 6.26. The van der Waals surface area contributed by atoms with Gasteiger partial charge in [0, 0.05) is 10.9 Å². The highest BCUT2D eigenvalue weighted by atomic mass is 32.2. The molecule has 6 nitrogen and oxygen atoms in total. The highest BCUT2D eigenvalue weighted by Gasteiger charge is 2.21. The lowest BCUT2D eigenvalue weighted by Crippen LogP contribution is -2.30. The van der Waals surface area contributed by atoms with Crippen molar-refractivity contribution in [3.05, 3.63) is 65.4 Å². The minimum Gasteiger partial charge on any atom is -0.497 e. The Kier molecular flexibility index (Phi) is 6.35. The summed E-state index contributed by atoms with van der Waals surface area (Å²) in [5.41, 5.74) is 3.23. The normalized spacial score (nSPS) is 12.1. The molecule has 0 spiro atoms. The van der Waals surface area contributed by atoms with Gasteiger partial charge < -0.3 is 15.0 Å². The number of benzene rings is 2. The summed E-state index contributed by atoms with van der Waals surface area (Å²) in [5.74, 6) is 2.27. The van der Waals surface area contributed by atoms with Crippen LogP contribution in [0, 0.1) is 0 Å². The van der Waals surface area contributed by atoms with Crippen LogP contribution in [0.1, 0.15) is 28.8 Å². The fraction of sp³-hybridized carbons (Fsp3) is 0.227. The number of nitrogens with one attached hydrogen (secondary N) is 2. The second-order valence-electron chi connectivity index (χ2n) is 6.71. The fourth-order valence-corrected chi connectivity index (χ4v) is 4.40. The molecule has 4 aromatic rings. The molecule has 2 aromatic carbocycles. The number of carbonyl (C=O) groups is 1. The van der Waals surface area contributed by atoms with E-state index in [0.29, 0.717) is 5.69 Å². The van der Waals surface area contributed by atoms with Crippen LogP contribution in [0.3, 0.4) is 0 Å². The number of ether oxygens (including phenoxy) is 1. The van der Waals surface area contributed by atoms with Gasteiger partial charge in [0.25, 0.3) is 5.91 Å². The summed E-state index contributed by atoms with van der Waals surface area (Å²) in [4.78, 5) is 25.5. The maximum atomic E-state index is 12.9. The van der Waals surface area contributed by atoms with Crippen LogP contribution in [-0.2, 0) is 0 Å². The molecule has 0 saturated carbocycles. The van der Waals surface area contributed by atoms with Gasteiger partial charge in [0.1, 0.15) is 22.3 Å². The third-order valence-electron chi connectivity index (χ3n) is 4.73. The number of hydrogen-bond donors (Lipinski definition) is 2. The molecule has 30 heavy (non-hydrogen) atoms. The van der Waals surface area contributed by atoms with E-state index in [-0.39, 0.29) is 11.9 Å². The van der Waals surface area contributed by atoms with Crippen molar-refractivity contribution in [1.82, 2.24) is 20.3 Å². The van der Waals surface area contributed by atoms with Crippen molar-refractivity contribution in [3.63, 3.8) is 0 Å². The number of thiazole rings is 1. The Morgan fingerprint density at radius 3 is 2.73 bits per heavy atom. The number of amides is 1. The summed E-state index contributed by atoms with van der Waals surface area (Å²) in [6.45, 7) is 0. The number of thioether (sulfide) groups is 1. The molecule has 0 radical (unpaired) electrons. The first-order chi connectivity index (χ1) is 14.7. The SMILES string of the molecule is COc1ccc(-c2nc(C(=O)NC(CCSC)c3nc4ccccc4[nH]3)cs2)cc1. The summed E-state index contributed by atoms with van der Waals surface area (Å²) in [5, 5.41) is 5.70. The largest absolute Gasteiger partial charge is 0.497 e. The van der Waals surface area contributed by atoms with E-state index in [1.165, 1.54) is 11.3 Å². The number of aromatic amines is 1. The Morgan fingerprint density at radius 1 is 1.20 bits per heavy atom. The lowest BCUT2D eigenvalue weighted by molar-refractivity contribution is 0.0930. The Morgan fingerprint density at radius 2 is 2.00 bits per heavy atom. The number of carbonyl (C=O) groups excluding carboxylic acids is 1. The van der Waals surface area contributed by atoms with Crippen LogP contribution in [0.25, 0.3) is 21.6 Å². The van der Waals surface area contributed by atoms with Crippen LogP contribution in [0.2, 0.25) is 0 Å². The maximum absolute atomic E-state index is 12.9. The number of hydrogen-bond acceptors (Lipinski definition) is 6. The molecule has 0 saturated heterocycles. The van der Waals surface area contributed by atoms with E-state index in [1.807, 2.05) is 48.5 Å².